The standard InChI is InChI=1S/C13H17FN2O2/c1-18-10-4-5-11(12(14)7-10)13(17)16-8-9-3-2-6-15-9/h4-5,7,9,15H,2-3,6,8H2,1H3,(H,16,17). The highest BCUT2D eigenvalue weighted by Gasteiger charge is 2.17. The van der Waals surface area contributed by atoms with Gasteiger partial charge in [-0.2, -0.15) is 0 Å². The Morgan fingerprint density at radius 1 is 1.61 bits per heavy atom. The van der Waals surface area contributed by atoms with Crippen molar-refractivity contribution < 1.29 is 13.9 Å². The number of nitrogens with one attached hydrogen (secondary N) is 2. The van der Waals surface area contributed by atoms with Crippen molar-refractivity contribution in [2.75, 3.05) is 20.2 Å². The van der Waals surface area contributed by atoms with Crippen LogP contribution in [0.2, 0.25) is 0 Å². The van der Waals surface area contributed by atoms with E-state index >= 15 is 0 Å². The van der Waals surface area contributed by atoms with Crippen LogP contribution in [0.15, 0.2) is 18.2 Å². The molecule has 0 aromatic heterocycles. The van der Waals surface area contributed by atoms with Gasteiger partial charge in [-0.25, -0.2) is 4.39 Å². The normalized spacial score (nSPS) is 18.7. The lowest BCUT2D eigenvalue weighted by molar-refractivity contribution is 0.0946. The number of carbonyl (C=O) groups is 1. The average molecular weight is 252 g/mol. The van der Waals surface area contributed by atoms with Crippen molar-refractivity contribution >= 4 is 5.91 Å². The molecule has 5 heteroatoms. The molecular weight excluding hydrogens is 235 g/mol. The molecule has 98 valence electrons. The van der Waals surface area contributed by atoms with Gasteiger partial charge in [-0.05, 0) is 31.5 Å². The fraction of sp³-hybridized carbons (Fsp3) is 0.462. The number of hydrogen-bond acceptors (Lipinski definition) is 3. The Labute approximate surface area is 106 Å². The molecule has 2 rings (SSSR count). The summed E-state index contributed by atoms with van der Waals surface area (Å²) in [4.78, 5) is 11.8. The SMILES string of the molecule is COc1ccc(C(=O)NCC2CCCN2)c(F)c1. The number of rotatable bonds is 4. The summed E-state index contributed by atoms with van der Waals surface area (Å²) >= 11 is 0. The van der Waals surface area contributed by atoms with Crippen LogP contribution in [0.1, 0.15) is 23.2 Å². The molecule has 1 aliphatic heterocycles. The predicted octanol–water partition coefficient (Wildman–Crippen LogP) is 1.32. The van der Waals surface area contributed by atoms with Gasteiger partial charge < -0.3 is 15.4 Å². The summed E-state index contributed by atoms with van der Waals surface area (Å²) in [6, 6.07) is 4.52. The van der Waals surface area contributed by atoms with Crippen molar-refractivity contribution in [1.82, 2.24) is 10.6 Å². The van der Waals surface area contributed by atoms with Crippen molar-refractivity contribution in [3.63, 3.8) is 0 Å². The molecule has 1 aromatic rings. The number of carbonyl (C=O) groups excluding carboxylic acids is 1. The van der Waals surface area contributed by atoms with Crippen LogP contribution < -0.4 is 15.4 Å². The fourth-order valence-corrected chi connectivity index (χ4v) is 2.05. The fourth-order valence-electron chi connectivity index (χ4n) is 2.05. The van der Waals surface area contributed by atoms with Crippen LogP contribution in [0.4, 0.5) is 4.39 Å². The van der Waals surface area contributed by atoms with E-state index in [1.54, 1.807) is 6.07 Å². The minimum absolute atomic E-state index is 0.0498. The summed E-state index contributed by atoms with van der Waals surface area (Å²) in [5.74, 6) is -0.545. The highest BCUT2D eigenvalue weighted by Crippen LogP contribution is 2.16. The van der Waals surface area contributed by atoms with E-state index in [2.05, 4.69) is 10.6 Å². The van der Waals surface area contributed by atoms with Gasteiger partial charge in [0.25, 0.3) is 5.91 Å². The molecule has 4 nitrogen and oxygen atoms in total. The highest BCUT2D eigenvalue weighted by atomic mass is 19.1. The predicted molar refractivity (Wildman–Crippen MR) is 66.3 cm³/mol. The summed E-state index contributed by atoms with van der Waals surface area (Å²) in [6.45, 7) is 1.52. The summed E-state index contributed by atoms with van der Waals surface area (Å²) in [7, 11) is 1.46. The third-order valence-corrected chi connectivity index (χ3v) is 3.09. The first-order valence-corrected chi connectivity index (χ1v) is 6.06. The topological polar surface area (TPSA) is 50.4 Å². The second kappa shape index (κ2) is 5.82. The number of methoxy groups -OCH3 is 1. The summed E-state index contributed by atoms with van der Waals surface area (Å²) in [6.07, 6.45) is 2.17. The number of halogens is 1. The molecule has 0 aliphatic carbocycles. The van der Waals surface area contributed by atoms with Gasteiger partial charge in [-0.15, -0.1) is 0 Å². The molecule has 1 heterocycles. The van der Waals surface area contributed by atoms with E-state index in [1.165, 1.54) is 19.2 Å². The summed E-state index contributed by atoms with van der Waals surface area (Å²) in [5, 5.41) is 6.00. The van der Waals surface area contributed by atoms with Crippen molar-refractivity contribution in [2.45, 2.75) is 18.9 Å². The van der Waals surface area contributed by atoms with Crippen molar-refractivity contribution in [1.29, 1.82) is 0 Å². The molecule has 0 spiro atoms. The van der Waals surface area contributed by atoms with Crippen molar-refractivity contribution in [2.24, 2.45) is 0 Å². The van der Waals surface area contributed by atoms with E-state index in [-0.39, 0.29) is 11.5 Å². The summed E-state index contributed by atoms with van der Waals surface area (Å²) in [5.41, 5.74) is 0.0498. The first kappa shape index (κ1) is 12.8. The zero-order valence-electron chi connectivity index (χ0n) is 10.3. The number of amides is 1. The number of ether oxygens (including phenoxy) is 1. The maximum atomic E-state index is 13.6. The zero-order chi connectivity index (χ0) is 13.0. The third kappa shape index (κ3) is 2.98. The van der Waals surface area contributed by atoms with Gasteiger partial charge in [0.1, 0.15) is 11.6 Å². The molecule has 1 atom stereocenters. The van der Waals surface area contributed by atoms with Gasteiger partial charge in [0.2, 0.25) is 0 Å². The molecule has 1 aliphatic rings. The van der Waals surface area contributed by atoms with Crippen LogP contribution in [0, 0.1) is 5.82 Å². The van der Waals surface area contributed by atoms with E-state index in [9.17, 15) is 9.18 Å². The van der Waals surface area contributed by atoms with Gasteiger partial charge in [0, 0.05) is 18.7 Å². The van der Waals surface area contributed by atoms with E-state index in [0.717, 1.165) is 19.4 Å². The minimum atomic E-state index is -0.564. The third-order valence-electron chi connectivity index (χ3n) is 3.09. The average Bonchev–Trinajstić information content (AvgIpc) is 2.88. The maximum Gasteiger partial charge on any atom is 0.254 e. The van der Waals surface area contributed by atoms with Gasteiger partial charge in [0.05, 0.1) is 12.7 Å². The number of benzene rings is 1. The molecule has 1 fully saturated rings. The molecular formula is C13H17FN2O2. The van der Waals surface area contributed by atoms with E-state index in [1.807, 2.05) is 0 Å². The van der Waals surface area contributed by atoms with Crippen LogP contribution >= 0.6 is 0 Å². The van der Waals surface area contributed by atoms with Gasteiger partial charge in [0.15, 0.2) is 0 Å². The highest BCUT2D eigenvalue weighted by molar-refractivity contribution is 5.94. The monoisotopic (exact) mass is 252 g/mol. The molecule has 1 saturated heterocycles. The Kier molecular flexibility index (Phi) is 4.15. The minimum Gasteiger partial charge on any atom is -0.497 e. The molecule has 1 unspecified atom stereocenters. The van der Waals surface area contributed by atoms with Crippen molar-refractivity contribution in [3.05, 3.63) is 29.6 Å². The molecule has 0 saturated carbocycles. The van der Waals surface area contributed by atoms with E-state index in [4.69, 9.17) is 4.74 Å². The first-order valence-electron chi connectivity index (χ1n) is 6.06. The Morgan fingerprint density at radius 3 is 3.06 bits per heavy atom. The van der Waals surface area contributed by atoms with Crippen LogP contribution in [0.3, 0.4) is 0 Å². The Balaban J connectivity index is 1.95. The Bertz CT molecular complexity index is 431. The molecule has 1 amide bonds. The molecule has 1 aromatic carbocycles. The summed E-state index contributed by atoms with van der Waals surface area (Å²) < 4.78 is 18.5. The Morgan fingerprint density at radius 2 is 2.44 bits per heavy atom. The molecule has 18 heavy (non-hydrogen) atoms. The largest absolute Gasteiger partial charge is 0.497 e. The Hall–Kier alpha value is -1.62. The number of hydrogen-bond donors (Lipinski definition) is 2. The van der Waals surface area contributed by atoms with Gasteiger partial charge in [-0.3, -0.25) is 4.79 Å². The van der Waals surface area contributed by atoms with Crippen LogP contribution in [0.25, 0.3) is 0 Å². The lowest BCUT2D eigenvalue weighted by atomic mass is 10.1. The van der Waals surface area contributed by atoms with Crippen LogP contribution in [-0.4, -0.2) is 32.1 Å². The van der Waals surface area contributed by atoms with Crippen molar-refractivity contribution in [3.8, 4) is 5.75 Å². The van der Waals surface area contributed by atoms with Crippen LogP contribution in [0.5, 0.6) is 5.75 Å². The molecule has 0 bridgehead atoms. The molecule has 0 radical (unpaired) electrons. The first-order chi connectivity index (χ1) is 8.70. The second-order valence-electron chi connectivity index (χ2n) is 4.35. The van der Waals surface area contributed by atoms with Gasteiger partial charge in [-0.1, -0.05) is 0 Å². The maximum absolute atomic E-state index is 13.6. The van der Waals surface area contributed by atoms with E-state index in [0.29, 0.717) is 18.3 Å². The smallest absolute Gasteiger partial charge is 0.254 e. The quantitative estimate of drug-likeness (QED) is 0.849. The van der Waals surface area contributed by atoms with Gasteiger partial charge >= 0.3 is 0 Å². The zero-order valence-corrected chi connectivity index (χ0v) is 10.3. The van der Waals surface area contributed by atoms with Crippen LogP contribution in [-0.2, 0) is 0 Å². The molecule has 2 N–H and O–H groups in total. The second-order valence-corrected chi connectivity index (χ2v) is 4.35. The van der Waals surface area contributed by atoms with E-state index < -0.39 is 5.82 Å². The lowest BCUT2D eigenvalue weighted by Gasteiger charge is -2.12. The lowest BCUT2D eigenvalue weighted by Crippen LogP contribution is -2.37.